The van der Waals surface area contributed by atoms with Crippen LogP contribution in [0.2, 0.25) is 0 Å². The van der Waals surface area contributed by atoms with E-state index in [2.05, 4.69) is 15.1 Å². The number of rotatable bonds is 6. The number of hydrogen-bond donors (Lipinski definition) is 2. The van der Waals surface area contributed by atoms with E-state index >= 15 is 0 Å². The molecular formula is C20H26N4O4S. The fourth-order valence-electron chi connectivity index (χ4n) is 3.38. The van der Waals surface area contributed by atoms with Crippen molar-refractivity contribution >= 4 is 27.3 Å². The number of primary sulfonamides is 1. The van der Waals surface area contributed by atoms with Crippen molar-refractivity contribution in [3.8, 4) is 5.75 Å². The van der Waals surface area contributed by atoms with Gasteiger partial charge in [0.25, 0.3) is 0 Å². The molecule has 1 aliphatic heterocycles. The molecule has 0 aromatic heterocycles. The number of anilines is 2. The maximum Gasteiger partial charge on any atom is 0.241 e. The van der Waals surface area contributed by atoms with Gasteiger partial charge in [-0.15, -0.1) is 0 Å². The van der Waals surface area contributed by atoms with Crippen molar-refractivity contribution in [2.24, 2.45) is 5.14 Å². The van der Waals surface area contributed by atoms with Crippen molar-refractivity contribution in [1.29, 1.82) is 0 Å². The molecule has 0 radical (unpaired) electrons. The monoisotopic (exact) mass is 418 g/mol. The second kappa shape index (κ2) is 8.81. The van der Waals surface area contributed by atoms with Crippen LogP contribution >= 0.6 is 0 Å². The molecule has 1 amide bonds. The summed E-state index contributed by atoms with van der Waals surface area (Å²) in [7, 11) is -2.09. The summed E-state index contributed by atoms with van der Waals surface area (Å²) < 4.78 is 28.1. The molecule has 1 aliphatic rings. The number of carbonyl (C=O) groups excluding carboxylic acids is 1. The number of ether oxygens (including phenoxy) is 1. The molecule has 1 heterocycles. The number of carbonyl (C=O) groups is 1. The molecule has 0 spiro atoms. The lowest BCUT2D eigenvalue weighted by atomic mass is 10.2. The minimum Gasteiger partial charge on any atom is -0.495 e. The Labute approximate surface area is 171 Å². The highest BCUT2D eigenvalue weighted by Gasteiger charge is 2.26. The summed E-state index contributed by atoms with van der Waals surface area (Å²) in [4.78, 5) is 17.0. The maximum absolute atomic E-state index is 12.6. The summed E-state index contributed by atoms with van der Waals surface area (Å²) in [6.07, 6.45) is 0. The predicted molar refractivity (Wildman–Crippen MR) is 113 cm³/mol. The van der Waals surface area contributed by atoms with E-state index in [0.717, 1.165) is 37.6 Å². The van der Waals surface area contributed by atoms with Gasteiger partial charge in [-0.3, -0.25) is 9.69 Å². The first-order chi connectivity index (χ1) is 13.8. The van der Waals surface area contributed by atoms with Crippen LogP contribution in [-0.4, -0.2) is 58.6 Å². The highest BCUT2D eigenvalue weighted by Crippen LogP contribution is 2.28. The van der Waals surface area contributed by atoms with Crippen molar-refractivity contribution in [1.82, 2.24) is 4.90 Å². The minimum absolute atomic E-state index is 0.0102. The largest absolute Gasteiger partial charge is 0.495 e. The molecule has 1 fully saturated rings. The van der Waals surface area contributed by atoms with Crippen molar-refractivity contribution in [3.05, 3.63) is 48.5 Å². The average molecular weight is 419 g/mol. The minimum atomic E-state index is -3.75. The molecule has 1 saturated heterocycles. The normalized spacial score (nSPS) is 16.3. The Bertz CT molecular complexity index is 955. The zero-order valence-corrected chi connectivity index (χ0v) is 17.4. The Morgan fingerprint density at radius 2 is 1.69 bits per heavy atom. The van der Waals surface area contributed by atoms with E-state index in [-0.39, 0.29) is 16.8 Å². The van der Waals surface area contributed by atoms with Gasteiger partial charge in [0.2, 0.25) is 15.9 Å². The second-order valence-corrected chi connectivity index (χ2v) is 8.49. The van der Waals surface area contributed by atoms with Crippen LogP contribution in [0, 0.1) is 0 Å². The van der Waals surface area contributed by atoms with Crippen molar-refractivity contribution in [2.45, 2.75) is 17.9 Å². The average Bonchev–Trinajstić information content (AvgIpc) is 2.73. The number of sulfonamides is 1. The lowest BCUT2D eigenvalue weighted by Gasteiger charge is -2.38. The quantitative estimate of drug-likeness (QED) is 0.737. The third-order valence-corrected chi connectivity index (χ3v) is 6.05. The van der Waals surface area contributed by atoms with Crippen molar-refractivity contribution in [3.63, 3.8) is 0 Å². The maximum atomic E-state index is 12.6. The van der Waals surface area contributed by atoms with Crippen LogP contribution in [0.15, 0.2) is 53.4 Å². The lowest BCUT2D eigenvalue weighted by Crippen LogP contribution is -2.52. The summed E-state index contributed by atoms with van der Waals surface area (Å²) in [6, 6.07) is 13.4. The molecule has 0 saturated carbocycles. The molecule has 2 aromatic rings. The number of methoxy groups -OCH3 is 1. The van der Waals surface area contributed by atoms with Crippen LogP contribution in [0.4, 0.5) is 11.4 Å². The topological polar surface area (TPSA) is 105 Å². The molecule has 8 nitrogen and oxygen atoms in total. The number of nitrogens with one attached hydrogen (secondary N) is 1. The van der Waals surface area contributed by atoms with Crippen LogP contribution < -0.4 is 20.1 Å². The van der Waals surface area contributed by atoms with Gasteiger partial charge in [0.05, 0.1) is 23.7 Å². The van der Waals surface area contributed by atoms with Gasteiger partial charge >= 0.3 is 0 Å². The number of amides is 1. The lowest BCUT2D eigenvalue weighted by molar-refractivity contribution is -0.120. The zero-order chi connectivity index (χ0) is 21.0. The van der Waals surface area contributed by atoms with Gasteiger partial charge in [-0.05, 0) is 43.3 Å². The Kier molecular flexibility index (Phi) is 6.41. The van der Waals surface area contributed by atoms with E-state index < -0.39 is 10.0 Å². The van der Waals surface area contributed by atoms with Gasteiger partial charge in [-0.25, -0.2) is 13.6 Å². The van der Waals surface area contributed by atoms with Crippen LogP contribution in [0.3, 0.4) is 0 Å². The first kappa shape index (κ1) is 21.1. The third kappa shape index (κ3) is 5.06. The number of hydrogen-bond acceptors (Lipinski definition) is 6. The van der Waals surface area contributed by atoms with Crippen LogP contribution in [0.5, 0.6) is 5.75 Å². The van der Waals surface area contributed by atoms with E-state index in [0.29, 0.717) is 5.69 Å². The molecule has 1 atom stereocenters. The highest BCUT2D eigenvalue weighted by atomic mass is 32.2. The SMILES string of the molecule is COc1ccccc1N1CCN(C(C)C(=O)Nc2ccc(S(N)(=O)=O)cc2)CC1. The van der Waals surface area contributed by atoms with Crippen LogP contribution in [-0.2, 0) is 14.8 Å². The molecule has 9 heteroatoms. The number of para-hydroxylation sites is 2. The number of nitrogens with zero attached hydrogens (tertiary/aromatic N) is 2. The fraction of sp³-hybridized carbons (Fsp3) is 0.350. The summed E-state index contributed by atoms with van der Waals surface area (Å²) in [6.45, 7) is 4.95. The molecule has 156 valence electrons. The van der Waals surface area contributed by atoms with Gasteiger partial charge in [0.1, 0.15) is 5.75 Å². The zero-order valence-electron chi connectivity index (χ0n) is 16.5. The molecular weight excluding hydrogens is 392 g/mol. The van der Waals surface area contributed by atoms with Gasteiger partial charge in [0, 0.05) is 31.9 Å². The van der Waals surface area contributed by atoms with Crippen molar-refractivity contribution < 1.29 is 17.9 Å². The molecule has 0 bridgehead atoms. The highest BCUT2D eigenvalue weighted by molar-refractivity contribution is 7.89. The van der Waals surface area contributed by atoms with Gasteiger partial charge in [-0.2, -0.15) is 0 Å². The first-order valence-electron chi connectivity index (χ1n) is 9.35. The van der Waals surface area contributed by atoms with Crippen molar-refractivity contribution in [2.75, 3.05) is 43.5 Å². The van der Waals surface area contributed by atoms with E-state index in [4.69, 9.17) is 9.88 Å². The van der Waals surface area contributed by atoms with Gasteiger partial charge in [0.15, 0.2) is 0 Å². The van der Waals surface area contributed by atoms with E-state index in [9.17, 15) is 13.2 Å². The summed E-state index contributed by atoms with van der Waals surface area (Å²) in [5.41, 5.74) is 1.59. The number of nitrogens with two attached hydrogens (primary N) is 1. The Balaban J connectivity index is 1.57. The molecule has 3 N–H and O–H groups in total. The summed E-state index contributed by atoms with van der Waals surface area (Å²) in [5, 5.41) is 7.92. The summed E-state index contributed by atoms with van der Waals surface area (Å²) >= 11 is 0. The van der Waals surface area contributed by atoms with Gasteiger partial charge < -0.3 is 15.0 Å². The standard InChI is InChI=1S/C20H26N4O4S/c1-15(20(25)22-16-7-9-17(10-8-16)29(21,26)27)23-11-13-24(14-12-23)18-5-3-4-6-19(18)28-2/h3-10,15H,11-14H2,1-2H3,(H,22,25)(H2,21,26,27). The number of benzene rings is 2. The summed E-state index contributed by atoms with van der Waals surface area (Å²) in [5.74, 6) is 0.703. The number of piperazine rings is 1. The fourth-order valence-corrected chi connectivity index (χ4v) is 3.90. The second-order valence-electron chi connectivity index (χ2n) is 6.93. The smallest absolute Gasteiger partial charge is 0.241 e. The molecule has 3 rings (SSSR count). The first-order valence-corrected chi connectivity index (χ1v) is 10.9. The molecule has 2 aromatic carbocycles. The molecule has 1 unspecified atom stereocenters. The Morgan fingerprint density at radius 1 is 1.07 bits per heavy atom. The molecule has 29 heavy (non-hydrogen) atoms. The van der Waals surface area contributed by atoms with E-state index in [1.165, 1.54) is 24.3 Å². The third-order valence-electron chi connectivity index (χ3n) is 5.12. The van der Waals surface area contributed by atoms with Gasteiger partial charge in [-0.1, -0.05) is 12.1 Å². The van der Waals surface area contributed by atoms with Crippen LogP contribution in [0.25, 0.3) is 0 Å². The van der Waals surface area contributed by atoms with E-state index in [1.807, 2.05) is 31.2 Å². The van der Waals surface area contributed by atoms with E-state index in [1.54, 1.807) is 7.11 Å². The predicted octanol–water partition coefficient (Wildman–Crippen LogP) is 1.49. The van der Waals surface area contributed by atoms with Crippen LogP contribution in [0.1, 0.15) is 6.92 Å². The Hall–Kier alpha value is -2.62. The molecule has 0 aliphatic carbocycles. The Morgan fingerprint density at radius 3 is 2.28 bits per heavy atom.